The van der Waals surface area contributed by atoms with Gasteiger partial charge in [-0.3, -0.25) is 0 Å². The molecule has 0 saturated heterocycles. The smallest absolute Gasteiger partial charge is 0.380 e. The first-order valence-electron chi connectivity index (χ1n) is 10.3. The lowest BCUT2D eigenvalue weighted by atomic mass is 10.2. The van der Waals surface area contributed by atoms with E-state index >= 15 is 0 Å². The molecule has 0 unspecified atom stereocenters. The molecule has 0 aromatic carbocycles. The van der Waals surface area contributed by atoms with Gasteiger partial charge in [-0.25, -0.2) is 0 Å². The Labute approximate surface area is 180 Å². The summed E-state index contributed by atoms with van der Waals surface area (Å²) in [5, 5.41) is 0. The van der Waals surface area contributed by atoms with E-state index in [2.05, 4.69) is 20.8 Å². The number of rotatable bonds is 5. The van der Waals surface area contributed by atoms with Crippen molar-refractivity contribution >= 4 is 19.3 Å². The molecule has 0 fully saturated rings. The minimum absolute atomic E-state index is 0.0851. The molecule has 0 saturated carbocycles. The molecule has 0 radical (unpaired) electrons. The summed E-state index contributed by atoms with van der Waals surface area (Å²) in [7, 11) is -2.19. The lowest BCUT2D eigenvalue weighted by Crippen LogP contribution is -2.61. The van der Waals surface area contributed by atoms with Crippen molar-refractivity contribution < 1.29 is 22.4 Å². The van der Waals surface area contributed by atoms with E-state index in [4.69, 9.17) is 22.4 Å². The Morgan fingerprint density at radius 2 is 0.679 bits per heavy atom. The molecule has 0 amide bonds. The summed E-state index contributed by atoms with van der Waals surface area (Å²) < 4.78 is 30.2. The van der Waals surface area contributed by atoms with Gasteiger partial charge in [-0.2, -0.15) is 0 Å². The highest BCUT2D eigenvalue weighted by atomic mass is 28.4. The average Bonchev–Trinajstić information content (AvgIpc) is 2.14. The molecule has 0 rings (SSSR count). The molecule has 0 aliphatic carbocycles. The van der Waals surface area contributed by atoms with Crippen molar-refractivity contribution in [2.24, 2.45) is 0 Å². The quantitative estimate of drug-likeness (QED) is 0.577. The van der Waals surface area contributed by atoms with Crippen LogP contribution in [-0.2, 0) is 22.4 Å². The highest BCUT2D eigenvalue weighted by Gasteiger charge is 2.56. The highest BCUT2D eigenvalue weighted by Crippen LogP contribution is 2.32. The predicted molar refractivity (Wildman–Crippen MR) is 125 cm³/mol. The maximum atomic E-state index is 6.23. The second kappa shape index (κ2) is 10.5. The van der Waals surface area contributed by atoms with E-state index in [0.29, 0.717) is 0 Å². The fraction of sp³-hybridized carbons (Fsp3) is 1.00. The SMILES string of the molecule is CC(C)(C)OC[SiH3].CC(C)(C)O[Si](OC(C)(C)C)(OC(C)(C)C)OC(C)(C)C. The van der Waals surface area contributed by atoms with Gasteiger partial charge in [0.2, 0.25) is 0 Å². The number of ether oxygens (including phenoxy) is 1. The van der Waals surface area contributed by atoms with Gasteiger partial charge in [-0.15, -0.1) is 0 Å². The summed E-state index contributed by atoms with van der Waals surface area (Å²) in [6.07, 6.45) is 0.948. The second-order valence-electron chi connectivity index (χ2n) is 11.9. The highest BCUT2D eigenvalue weighted by molar-refractivity contribution is 6.54. The third-order valence-corrected chi connectivity index (χ3v) is 6.04. The summed E-state index contributed by atoms with van der Waals surface area (Å²) in [5.74, 6) is 0. The van der Waals surface area contributed by atoms with Crippen molar-refractivity contribution in [1.82, 2.24) is 0 Å². The first kappa shape index (κ1) is 30.4. The van der Waals surface area contributed by atoms with Crippen molar-refractivity contribution in [2.45, 2.75) is 132 Å². The van der Waals surface area contributed by atoms with Crippen LogP contribution in [0, 0.1) is 0 Å². The van der Waals surface area contributed by atoms with Gasteiger partial charge in [-0.1, -0.05) is 0 Å². The molecule has 7 heteroatoms. The number of hydrogen-bond acceptors (Lipinski definition) is 5. The van der Waals surface area contributed by atoms with E-state index in [1.807, 2.05) is 83.1 Å². The van der Waals surface area contributed by atoms with E-state index in [9.17, 15) is 0 Å². The van der Waals surface area contributed by atoms with Crippen molar-refractivity contribution in [2.75, 3.05) is 6.23 Å². The first-order chi connectivity index (χ1) is 11.9. The molecule has 0 heterocycles. The van der Waals surface area contributed by atoms with Gasteiger partial charge < -0.3 is 22.4 Å². The molecule has 0 aromatic heterocycles. The Balaban J connectivity index is 0. The van der Waals surface area contributed by atoms with Crippen LogP contribution < -0.4 is 0 Å². The van der Waals surface area contributed by atoms with Crippen LogP contribution in [0.5, 0.6) is 0 Å². The van der Waals surface area contributed by atoms with E-state index < -0.39 is 31.5 Å². The summed E-state index contributed by atoms with van der Waals surface area (Å²) in [4.78, 5) is 0. The van der Waals surface area contributed by atoms with Gasteiger partial charge in [-0.05, 0) is 104 Å². The zero-order valence-corrected chi connectivity index (χ0v) is 24.7. The third kappa shape index (κ3) is 21.0. The Morgan fingerprint density at radius 3 is 0.750 bits per heavy atom. The van der Waals surface area contributed by atoms with Crippen LogP contribution in [0.3, 0.4) is 0 Å². The Morgan fingerprint density at radius 1 is 0.464 bits per heavy atom. The molecule has 5 nitrogen and oxygen atoms in total. The Bertz CT molecular complexity index is 363. The number of hydrogen-bond donors (Lipinski definition) is 0. The monoisotopic (exact) mass is 438 g/mol. The van der Waals surface area contributed by atoms with Crippen LogP contribution in [0.1, 0.15) is 104 Å². The van der Waals surface area contributed by atoms with E-state index in [1.54, 1.807) is 0 Å². The summed E-state index contributed by atoms with van der Waals surface area (Å²) >= 11 is 0. The predicted octanol–water partition coefficient (Wildman–Crippen LogP) is 4.81. The van der Waals surface area contributed by atoms with Gasteiger partial charge in [0, 0.05) is 16.5 Å². The van der Waals surface area contributed by atoms with E-state index in [0.717, 1.165) is 16.5 Å². The molecule has 0 aromatic rings. The van der Waals surface area contributed by atoms with E-state index in [-0.39, 0.29) is 5.60 Å². The summed E-state index contributed by atoms with van der Waals surface area (Å²) in [5.41, 5.74) is -1.61. The van der Waals surface area contributed by atoms with Crippen LogP contribution in [0.25, 0.3) is 0 Å². The zero-order valence-electron chi connectivity index (χ0n) is 21.7. The maximum Gasteiger partial charge on any atom is 0.681 e. The lowest BCUT2D eigenvalue weighted by Gasteiger charge is -2.43. The molecule has 0 aliphatic rings. The van der Waals surface area contributed by atoms with Crippen LogP contribution in [-0.4, -0.2) is 53.5 Å². The maximum absolute atomic E-state index is 6.23. The molecular formula is C21H50O5Si2. The fourth-order valence-corrected chi connectivity index (χ4v) is 6.17. The standard InChI is InChI=1S/C16H36O4Si.C5H14OSi/c1-13(2,3)17-21(18-14(4,5)6,19-15(7,8)9)20-16(10,11)12;1-5(2,3)6-4-7/h1-12H3;4H2,1-3,7H3. The molecule has 28 heavy (non-hydrogen) atoms. The largest absolute Gasteiger partial charge is 0.681 e. The van der Waals surface area contributed by atoms with Gasteiger partial charge in [0.05, 0.1) is 28.0 Å². The van der Waals surface area contributed by atoms with Gasteiger partial charge in [0.25, 0.3) is 0 Å². The average molecular weight is 439 g/mol. The van der Waals surface area contributed by atoms with Gasteiger partial charge in [0.1, 0.15) is 0 Å². The van der Waals surface area contributed by atoms with Gasteiger partial charge >= 0.3 is 9.05 Å². The molecule has 172 valence electrons. The van der Waals surface area contributed by atoms with Crippen molar-refractivity contribution in [3.63, 3.8) is 0 Å². The summed E-state index contributed by atoms with van der Waals surface area (Å²) in [6, 6.07) is 0. The van der Waals surface area contributed by atoms with Crippen molar-refractivity contribution in [1.29, 1.82) is 0 Å². The molecule has 0 bridgehead atoms. The van der Waals surface area contributed by atoms with Crippen LogP contribution in [0.4, 0.5) is 0 Å². The molecule has 0 spiro atoms. The third-order valence-electron chi connectivity index (χ3n) is 2.30. The van der Waals surface area contributed by atoms with Crippen molar-refractivity contribution in [3.8, 4) is 0 Å². The van der Waals surface area contributed by atoms with Gasteiger partial charge in [0.15, 0.2) is 0 Å². The molecule has 0 N–H and O–H groups in total. The Kier molecular flexibility index (Phi) is 11.4. The Hall–Kier alpha value is 0.234. The lowest BCUT2D eigenvalue weighted by molar-refractivity contribution is -0.156. The molecular weight excluding hydrogens is 388 g/mol. The minimum Gasteiger partial charge on any atom is -0.380 e. The minimum atomic E-state index is -3.34. The first-order valence-corrected chi connectivity index (χ1v) is 13.4. The van der Waals surface area contributed by atoms with E-state index in [1.165, 1.54) is 0 Å². The summed E-state index contributed by atoms with van der Waals surface area (Å²) in [6.45, 7) is 30.0. The topological polar surface area (TPSA) is 46.2 Å². The van der Waals surface area contributed by atoms with Crippen LogP contribution in [0.15, 0.2) is 0 Å². The molecule has 0 aliphatic heterocycles. The zero-order chi connectivity index (χ0) is 23.2. The fourth-order valence-electron chi connectivity index (χ4n) is 2.06. The normalized spacial score (nSPS) is 14.7. The second-order valence-corrected chi connectivity index (χ2v) is 14.3. The van der Waals surface area contributed by atoms with Crippen LogP contribution >= 0.6 is 0 Å². The van der Waals surface area contributed by atoms with Crippen molar-refractivity contribution in [3.05, 3.63) is 0 Å². The van der Waals surface area contributed by atoms with Crippen LogP contribution in [0.2, 0.25) is 0 Å². The molecule has 0 atom stereocenters.